The number of benzene rings is 1. The molecule has 1 heterocycles. The van der Waals surface area contributed by atoms with E-state index in [-0.39, 0.29) is 12.6 Å². The van der Waals surface area contributed by atoms with Gasteiger partial charge in [0.05, 0.1) is 18.1 Å². The molecule has 1 aromatic rings. The molecule has 7 heteroatoms. The predicted octanol–water partition coefficient (Wildman–Crippen LogP) is 1.38. The average molecular weight is 361 g/mol. The van der Waals surface area contributed by atoms with Gasteiger partial charge < -0.3 is 24.9 Å². The zero-order valence-electron chi connectivity index (χ0n) is 15.4. The molecule has 0 saturated carbocycles. The third-order valence-electron chi connectivity index (χ3n) is 4.15. The fraction of sp³-hybridized carbons (Fsp3) is 0.526. The van der Waals surface area contributed by atoms with Crippen LogP contribution >= 0.6 is 0 Å². The van der Waals surface area contributed by atoms with E-state index in [1.54, 1.807) is 20.8 Å². The maximum Gasteiger partial charge on any atom is 0.408 e. The van der Waals surface area contributed by atoms with Gasteiger partial charge in [-0.15, -0.1) is 0 Å². The lowest BCUT2D eigenvalue weighted by atomic mass is 9.90. The van der Waals surface area contributed by atoms with E-state index < -0.39 is 29.6 Å². The minimum absolute atomic E-state index is 0.331. The smallest absolute Gasteiger partial charge is 0.408 e. The van der Waals surface area contributed by atoms with Gasteiger partial charge in [0.1, 0.15) is 12.1 Å². The van der Waals surface area contributed by atoms with Crippen molar-refractivity contribution in [3.8, 4) is 0 Å². The molecule has 2 unspecified atom stereocenters. The van der Waals surface area contributed by atoms with Crippen molar-refractivity contribution in [2.45, 2.75) is 57.7 Å². The number of ether oxygens (including phenoxy) is 1. The van der Waals surface area contributed by atoms with Crippen LogP contribution in [0.3, 0.4) is 0 Å². The maximum atomic E-state index is 12.7. The highest BCUT2D eigenvalue weighted by Gasteiger charge is 2.35. The third kappa shape index (κ3) is 5.21. The van der Waals surface area contributed by atoms with E-state index in [4.69, 9.17) is 4.74 Å². The van der Waals surface area contributed by atoms with E-state index in [9.17, 15) is 19.5 Å². The van der Waals surface area contributed by atoms with Crippen molar-refractivity contribution in [2.24, 2.45) is 0 Å². The van der Waals surface area contributed by atoms with E-state index in [1.807, 2.05) is 30.3 Å². The zero-order chi connectivity index (χ0) is 19.3. The first-order valence-corrected chi connectivity index (χ1v) is 8.73. The maximum absolute atomic E-state index is 12.7. The predicted molar refractivity (Wildman–Crippen MR) is 92.9 cm³/mol. The molecule has 1 saturated heterocycles. The molecular weight excluding hydrogens is 336 g/mol. The van der Waals surface area contributed by atoms with Crippen LogP contribution in [0.5, 0.6) is 0 Å². The van der Waals surface area contributed by atoms with Gasteiger partial charge in [0.15, 0.2) is 0 Å². The summed E-state index contributed by atoms with van der Waals surface area (Å²) in [5.41, 5.74) is 0.183. The van der Waals surface area contributed by atoms with Crippen LogP contribution in [-0.4, -0.2) is 41.1 Å². The minimum Gasteiger partial charge on any atom is -0.548 e. The highest BCUT2D eigenvalue weighted by Crippen LogP contribution is 2.34. The van der Waals surface area contributed by atoms with Crippen LogP contribution in [0, 0.1) is 0 Å². The SMILES string of the molecule is CC(C)(C)OC(=O)NCC(=O)N1C(C(=O)[O-])CCCC1c1ccccc1. The van der Waals surface area contributed by atoms with Crippen molar-refractivity contribution in [3.05, 3.63) is 35.9 Å². The number of carbonyl (C=O) groups is 3. The number of amides is 2. The standard InChI is InChI=1S/C19H26N2O5/c1-19(2,3)26-18(25)20-12-16(22)21-14(13-8-5-4-6-9-13)10-7-11-15(21)17(23)24/h4-6,8-9,14-15H,7,10-12H2,1-3H3,(H,20,25)(H,23,24)/p-1. The van der Waals surface area contributed by atoms with Crippen LogP contribution in [0.4, 0.5) is 4.79 Å². The summed E-state index contributed by atoms with van der Waals surface area (Å²) in [5, 5.41) is 14.0. The lowest BCUT2D eigenvalue weighted by Crippen LogP contribution is -2.56. The summed E-state index contributed by atoms with van der Waals surface area (Å²) in [6.07, 6.45) is 0.959. The summed E-state index contributed by atoms with van der Waals surface area (Å²) >= 11 is 0. The molecule has 0 bridgehead atoms. The van der Waals surface area contributed by atoms with Gasteiger partial charge in [0, 0.05) is 0 Å². The van der Waals surface area contributed by atoms with Crippen LogP contribution in [0.15, 0.2) is 30.3 Å². The number of carboxylic acid groups (broad SMARTS) is 1. The van der Waals surface area contributed by atoms with Crippen LogP contribution in [0.1, 0.15) is 51.6 Å². The van der Waals surface area contributed by atoms with Gasteiger partial charge in [-0.05, 0) is 45.6 Å². The number of nitrogens with zero attached hydrogens (tertiary/aromatic N) is 1. The second-order valence-corrected chi connectivity index (χ2v) is 7.35. The first-order valence-electron chi connectivity index (χ1n) is 8.73. The van der Waals surface area contributed by atoms with Crippen molar-refractivity contribution in [3.63, 3.8) is 0 Å². The molecule has 1 aromatic carbocycles. The molecule has 2 atom stereocenters. The second-order valence-electron chi connectivity index (χ2n) is 7.35. The molecule has 1 fully saturated rings. The Bertz CT molecular complexity index is 654. The summed E-state index contributed by atoms with van der Waals surface area (Å²) < 4.78 is 5.11. The fourth-order valence-corrected chi connectivity index (χ4v) is 3.13. The molecule has 0 aromatic heterocycles. The Morgan fingerprint density at radius 1 is 1.19 bits per heavy atom. The molecule has 0 radical (unpaired) electrons. The number of piperidine rings is 1. The lowest BCUT2D eigenvalue weighted by Gasteiger charge is -2.43. The Balaban J connectivity index is 2.14. The number of rotatable bonds is 4. The molecule has 1 N–H and O–H groups in total. The summed E-state index contributed by atoms with van der Waals surface area (Å²) in [6.45, 7) is 4.83. The first-order chi connectivity index (χ1) is 12.2. The van der Waals surface area contributed by atoms with E-state index in [0.717, 1.165) is 5.56 Å². The second kappa shape index (κ2) is 8.21. The quantitative estimate of drug-likeness (QED) is 0.874. The Morgan fingerprint density at radius 2 is 1.85 bits per heavy atom. The summed E-state index contributed by atoms with van der Waals surface area (Å²) in [5.74, 6) is -1.75. The molecule has 142 valence electrons. The molecule has 1 aliphatic rings. The van der Waals surface area contributed by atoms with Gasteiger partial charge in [0.25, 0.3) is 0 Å². The number of carbonyl (C=O) groups excluding carboxylic acids is 3. The van der Waals surface area contributed by atoms with E-state index in [1.165, 1.54) is 4.90 Å². The van der Waals surface area contributed by atoms with Crippen molar-refractivity contribution in [2.75, 3.05) is 6.54 Å². The molecular formula is C19H25N2O5-. The molecule has 1 aliphatic heterocycles. The van der Waals surface area contributed by atoms with Gasteiger partial charge in [-0.25, -0.2) is 4.79 Å². The van der Waals surface area contributed by atoms with E-state index >= 15 is 0 Å². The Labute approximate surface area is 153 Å². The van der Waals surface area contributed by atoms with Crippen LogP contribution < -0.4 is 10.4 Å². The summed E-state index contributed by atoms with van der Waals surface area (Å²) in [7, 11) is 0. The molecule has 0 spiro atoms. The van der Waals surface area contributed by atoms with Crippen molar-refractivity contribution in [1.82, 2.24) is 10.2 Å². The number of likely N-dealkylation sites (tertiary alicyclic amines) is 1. The molecule has 2 amide bonds. The fourth-order valence-electron chi connectivity index (χ4n) is 3.13. The number of nitrogens with one attached hydrogen (secondary N) is 1. The zero-order valence-corrected chi connectivity index (χ0v) is 15.4. The van der Waals surface area contributed by atoms with Crippen LogP contribution in [-0.2, 0) is 14.3 Å². The number of carboxylic acids is 1. The summed E-state index contributed by atoms with van der Waals surface area (Å²) in [6, 6.07) is 7.91. The average Bonchev–Trinajstić information content (AvgIpc) is 2.58. The van der Waals surface area contributed by atoms with Crippen molar-refractivity contribution >= 4 is 18.0 Å². The van der Waals surface area contributed by atoms with Gasteiger partial charge in [-0.2, -0.15) is 0 Å². The van der Waals surface area contributed by atoms with Gasteiger partial charge in [0.2, 0.25) is 5.91 Å². The number of hydrogen-bond acceptors (Lipinski definition) is 5. The topological polar surface area (TPSA) is 98.8 Å². The Hall–Kier alpha value is -2.57. The molecule has 7 nitrogen and oxygen atoms in total. The van der Waals surface area contributed by atoms with Crippen molar-refractivity contribution in [1.29, 1.82) is 0 Å². The van der Waals surface area contributed by atoms with Gasteiger partial charge >= 0.3 is 6.09 Å². The minimum atomic E-state index is -1.28. The monoisotopic (exact) mass is 361 g/mol. The first kappa shape index (κ1) is 19.8. The molecule has 26 heavy (non-hydrogen) atoms. The van der Waals surface area contributed by atoms with E-state index in [0.29, 0.717) is 19.3 Å². The Kier molecular flexibility index (Phi) is 6.23. The highest BCUT2D eigenvalue weighted by atomic mass is 16.6. The summed E-state index contributed by atoms with van der Waals surface area (Å²) in [4.78, 5) is 37.4. The molecule has 2 rings (SSSR count). The number of hydrogen-bond donors (Lipinski definition) is 1. The normalized spacial score (nSPS) is 20.3. The number of aliphatic carboxylic acids is 1. The molecule has 0 aliphatic carbocycles. The van der Waals surface area contributed by atoms with Gasteiger partial charge in [-0.1, -0.05) is 30.3 Å². The van der Waals surface area contributed by atoms with Crippen LogP contribution in [0.25, 0.3) is 0 Å². The third-order valence-corrected chi connectivity index (χ3v) is 4.15. The van der Waals surface area contributed by atoms with Crippen LogP contribution in [0.2, 0.25) is 0 Å². The highest BCUT2D eigenvalue weighted by molar-refractivity contribution is 5.87. The van der Waals surface area contributed by atoms with Crippen molar-refractivity contribution < 1.29 is 24.2 Å². The van der Waals surface area contributed by atoms with E-state index in [2.05, 4.69) is 5.32 Å². The van der Waals surface area contributed by atoms with Gasteiger partial charge in [-0.3, -0.25) is 4.79 Å². The number of alkyl carbamates (subject to hydrolysis) is 1. The Morgan fingerprint density at radius 3 is 2.42 bits per heavy atom. The largest absolute Gasteiger partial charge is 0.548 e. The lowest BCUT2D eigenvalue weighted by molar-refractivity contribution is -0.313.